The summed E-state index contributed by atoms with van der Waals surface area (Å²) in [5.41, 5.74) is 0. The van der Waals surface area contributed by atoms with E-state index in [-0.39, 0.29) is 29.6 Å². The number of methoxy groups -OCH3 is 1. The fourth-order valence-corrected chi connectivity index (χ4v) is 0. The van der Waals surface area contributed by atoms with Crippen molar-refractivity contribution in [2.45, 2.75) is 13.2 Å². The van der Waals surface area contributed by atoms with E-state index in [4.69, 9.17) is 5.11 Å². The normalized spacial score (nSPS) is 12.5. The molecule has 0 aliphatic heterocycles. The largest absolute Gasteiger partial charge is 0.368 e. The van der Waals surface area contributed by atoms with E-state index in [2.05, 4.69) is 4.74 Å². The maximum atomic E-state index is 8.14. The Morgan fingerprint density at radius 1 is 1.67 bits per heavy atom. The Morgan fingerprint density at radius 2 is 1.83 bits per heavy atom. The third kappa shape index (κ3) is 8.87. The molecule has 2 nitrogen and oxygen atoms in total. The topological polar surface area (TPSA) is 29.5 Å². The second-order valence-corrected chi connectivity index (χ2v) is 0.835. The first-order valence-electron chi connectivity index (χ1n) is 1.48. The van der Waals surface area contributed by atoms with Crippen molar-refractivity contribution in [2.24, 2.45) is 0 Å². The second-order valence-electron chi connectivity index (χ2n) is 0.835. The molecule has 1 radical (unpaired) electrons. The fourth-order valence-electron chi connectivity index (χ4n) is 0. The Labute approximate surface area is 59.8 Å². The van der Waals surface area contributed by atoms with Crippen molar-refractivity contribution in [2.75, 3.05) is 7.11 Å². The molecule has 0 saturated heterocycles. The zero-order valence-corrected chi connectivity index (χ0v) is 6.43. The van der Waals surface area contributed by atoms with Crippen LogP contribution in [0.5, 0.6) is 0 Å². The molecule has 0 spiro atoms. The maximum Gasteiger partial charge on any atom is 0.151 e. The van der Waals surface area contributed by atoms with Crippen molar-refractivity contribution >= 4 is 29.6 Å². The molecule has 3 heteroatoms. The SMILES string of the molecule is COC(C)O.[Na]. The third-order valence-corrected chi connectivity index (χ3v) is 0.341. The molecule has 0 rings (SSSR count). The molecule has 1 N–H and O–H groups in total. The minimum absolute atomic E-state index is 0. The summed E-state index contributed by atoms with van der Waals surface area (Å²) in [5.74, 6) is 0. The zero-order chi connectivity index (χ0) is 4.28. The van der Waals surface area contributed by atoms with Crippen molar-refractivity contribution in [3.8, 4) is 0 Å². The van der Waals surface area contributed by atoms with Gasteiger partial charge in [0.2, 0.25) is 0 Å². The summed E-state index contributed by atoms with van der Waals surface area (Å²) in [7, 11) is 1.45. The standard InChI is InChI=1S/C3H8O2.Na/c1-3(4)5-2;/h3-4H,1-2H3;. The van der Waals surface area contributed by atoms with Gasteiger partial charge in [-0.3, -0.25) is 0 Å². The van der Waals surface area contributed by atoms with Crippen LogP contribution in [0.15, 0.2) is 0 Å². The van der Waals surface area contributed by atoms with Gasteiger partial charge in [-0.15, -0.1) is 0 Å². The molecule has 0 bridgehead atoms. The van der Waals surface area contributed by atoms with E-state index in [0.717, 1.165) is 0 Å². The van der Waals surface area contributed by atoms with Crippen LogP contribution in [0, 0.1) is 0 Å². The molecule has 0 heterocycles. The van der Waals surface area contributed by atoms with Gasteiger partial charge in [0.05, 0.1) is 0 Å². The van der Waals surface area contributed by atoms with Crippen LogP contribution in [-0.4, -0.2) is 48.1 Å². The summed E-state index contributed by atoms with van der Waals surface area (Å²) < 4.78 is 4.31. The van der Waals surface area contributed by atoms with Crippen LogP contribution in [-0.2, 0) is 4.74 Å². The van der Waals surface area contributed by atoms with Gasteiger partial charge in [-0.05, 0) is 6.92 Å². The summed E-state index contributed by atoms with van der Waals surface area (Å²) in [6.07, 6.45) is -0.616. The predicted octanol–water partition coefficient (Wildman–Crippen LogP) is -0.410. The smallest absolute Gasteiger partial charge is 0.151 e. The Bertz CT molecular complexity index is 22.8. The maximum absolute atomic E-state index is 8.14. The zero-order valence-electron chi connectivity index (χ0n) is 4.43. The summed E-state index contributed by atoms with van der Waals surface area (Å²) in [6.45, 7) is 1.56. The van der Waals surface area contributed by atoms with E-state index >= 15 is 0 Å². The van der Waals surface area contributed by atoms with Crippen LogP contribution in [0.3, 0.4) is 0 Å². The van der Waals surface area contributed by atoms with E-state index in [1.807, 2.05) is 0 Å². The van der Waals surface area contributed by atoms with Gasteiger partial charge in [0.1, 0.15) is 0 Å². The van der Waals surface area contributed by atoms with Gasteiger partial charge in [-0.1, -0.05) is 0 Å². The van der Waals surface area contributed by atoms with Crippen LogP contribution in [0.25, 0.3) is 0 Å². The number of hydrogen-bond acceptors (Lipinski definition) is 2. The number of hydrogen-bond donors (Lipinski definition) is 1. The first-order chi connectivity index (χ1) is 2.27. The molecule has 0 amide bonds. The van der Waals surface area contributed by atoms with Crippen LogP contribution < -0.4 is 0 Å². The van der Waals surface area contributed by atoms with Crippen molar-refractivity contribution in [3.05, 3.63) is 0 Å². The minimum atomic E-state index is -0.616. The molecule has 0 aromatic heterocycles. The van der Waals surface area contributed by atoms with Crippen molar-refractivity contribution in [3.63, 3.8) is 0 Å². The third-order valence-electron chi connectivity index (χ3n) is 0.341. The second kappa shape index (κ2) is 5.92. The van der Waals surface area contributed by atoms with Crippen molar-refractivity contribution < 1.29 is 9.84 Å². The average Bonchev–Trinajstić information content (AvgIpc) is 1.38. The molecule has 33 valence electrons. The van der Waals surface area contributed by atoms with Crippen LogP contribution in [0.1, 0.15) is 6.92 Å². The molecule has 6 heavy (non-hydrogen) atoms. The minimum Gasteiger partial charge on any atom is -0.368 e. The van der Waals surface area contributed by atoms with E-state index < -0.39 is 6.29 Å². The molecular weight excluding hydrogens is 91.0 g/mol. The number of ether oxygens (including phenoxy) is 1. The molecule has 0 saturated carbocycles. The average molecular weight is 99.1 g/mol. The Morgan fingerprint density at radius 3 is 1.83 bits per heavy atom. The van der Waals surface area contributed by atoms with Gasteiger partial charge >= 0.3 is 0 Å². The summed E-state index contributed by atoms with van der Waals surface area (Å²) in [6, 6.07) is 0. The summed E-state index contributed by atoms with van der Waals surface area (Å²) in [4.78, 5) is 0. The molecular formula is C3H8NaO2. The van der Waals surface area contributed by atoms with E-state index in [9.17, 15) is 0 Å². The van der Waals surface area contributed by atoms with Gasteiger partial charge < -0.3 is 9.84 Å². The molecule has 0 fully saturated rings. The summed E-state index contributed by atoms with van der Waals surface area (Å²) in [5, 5.41) is 8.14. The molecule has 0 aromatic carbocycles. The molecule has 1 unspecified atom stereocenters. The first kappa shape index (κ1) is 10.0. The van der Waals surface area contributed by atoms with Gasteiger partial charge in [-0.25, -0.2) is 0 Å². The quantitative estimate of drug-likeness (QED) is 0.357. The predicted molar refractivity (Wildman–Crippen MR) is 24.4 cm³/mol. The van der Waals surface area contributed by atoms with Gasteiger partial charge in [0.15, 0.2) is 6.29 Å². The van der Waals surface area contributed by atoms with E-state index in [0.29, 0.717) is 0 Å². The van der Waals surface area contributed by atoms with Crippen molar-refractivity contribution in [1.29, 1.82) is 0 Å². The van der Waals surface area contributed by atoms with Crippen LogP contribution >= 0.6 is 0 Å². The molecule has 1 atom stereocenters. The van der Waals surface area contributed by atoms with Crippen LogP contribution in [0.4, 0.5) is 0 Å². The summed E-state index contributed by atoms with van der Waals surface area (Å²) >= 11 is 0. The number of aliphatic hydroxyl groups is 1. The first-order valence-corrected chi connectivity index (χ1v) is 1.48. The number of rotatable bonds is 1. The van der Waals surface area contributed by atoms with Gasteiger partial charge in [0.25, 0.3) is 0 Å². The number of aliphatic hydroxyl groups excluding tert-OH is 1. The van der Waals surface area contributed by atoms with Crippen LogP contribution in [0.2, 0.25) is 0 Å². The van der Waals surface area contributed by atoms with E-state index in [1.165, 1.54) is 7.11 Å². The fraction of sp³-hybridized carbons (Fsp3) is 1.00. The monoisotopic (exact) mass is 99.0 g/mol. The molecule has 0 aromatic rings. The van der Waals surface area contributed by atoms with E-state index in [1.54, 1.807) is 6.92 Å². The Kier molecular flexibility index (Phi) is 9.89. The molecule has 0 aliphatic carbocycles. The Balaban J connectivity index is 0. The van der Waals surface area contributed by atoms with Crippen molar-refractivity contribution in [1.82, 2.24) is 0 Å². The Hall–Kier alpha value is 0.920. The molecule has 0 aliphatic rings. The van der Waals surface area contributed by atoms with Gasteiger partial charge in [-0.2, -0.15) is 0 Å². The van der Waals surface area contributed by atoms with Gasteiger partial charge in [0, 0.05) is 36.7 Å².